The molecular formula is C18H19FN2O3. The summed E-state index contributed by atoms with van der Waals surface area (Å²) in [5.41, 5.74) is 1.25. The summed E-state index contributed by atoms with van der Waals surface area (Å²) in [7, 11) is 0. The van der Waals surface area contributed by atoms with Crippen molar-refractivity contribution >= 4 is 5.91 Å². The lowest BCUT2D eigenvalue weighted by Gasteiger charge is -2.24. The Morgan fingerprint density at radius 1 is 1.42 bits per heavy atom. The fourth-order valence-corrected chi connectivity index (χ4v) is 3.32. The second kappa shape index (κ2) is 5.70. The van der Waals surface area contributed by atoms with Gasteiger partial charge in [-0.1, -0.05) is 12.1 Å². The van der Waals surface area contributed by atoms with Crippen molar-refractivity contribution in [1.82, 2.24) is 9.88 Å². The van der Waals surface area contributed by atoms with Gasteiger partial charge in [0.1, 0.15) is 5.82 Å². The Labute approximate surface area is 139 Å². The number of aliphatic hydroxyl groups excluding tert-OH is 1. The Bertz CT molecular complexity index is 784. The van der Waals surface area contributed by atoms with Crippen LogP contribution in [0.5, 0.6) is 0 Å². The van der Waals surface area contributed by atoms with E-state index in [2.05, 4.69) is 4.98 Å². The van der Waals surface area contributed by atoms with E-state index in [1.165, 1.54) is 12.1 Å². The number of aryl methyl sites for hydroxylation is 1. The van der Waals surface area contributed by atoms with Gasteiger partial charge in [-0.25, -0.2) is 9.37 Å². The van der Waals surface area contributed by atoms with Crippen LogP contribution in [0.25, 0.3) is 0 Å². The largest absolute Gasteiger partial charge is 0.435 e. The predicted octanol–water partition coefficient (Wildman–Crippen LogP) is 2.95. The number of benzene rings is 1. The van der Waals surface area contributed by atoms with Crippen LogP contribution < -0.4 is 0 Å². The molecule has 0 spiro atoms. The minimum Gasteiger partial charge on any atom is -0.435 e. The summed E-state index contributed by atoms with van der Waals surface area (Å²) < 4.78 is 19.2. The van der Waals surface area contributed by atoms with Gasteiger partial charge in [0.2, 0.25) is 5.76 Å². The standard InChI is InChI=1S/C18H19FN2O3/c1-10-16(24-17(20-10)11-5-6-11)18(23)21-9-14(22)8-15(21)12-3-2-4-13(19)7-12/h2-4,7,11,14-15,22H,5-6,8-9H2,1H3/t14-,15-/m0/s1. The molecule has 6 heteroatoms. The van der Waals surface area contributed by atoms with E-state index < -0.39 is 6.10 Å². The SMILES string of the molecule is Cc1nc(C2CC2)oc1C(=O)N1C[C@@H](O)C[C@H]1c1cccc(F)c1. The maximum atomic E-state index is 13.5. The topological polar surface area (TPSA) is 66.6 Å². The van der Waals surface area contributed by atoms with Gasteiger partial charge in [-0.15, -0.1) is 0 Å². The Balaban J connectivity index is 1.64. The molecule has 5 nitrogen and oxygen atoms in total. The van der Waals surface area contributed by atoms with Crippen LogP contribution in [0.3, 0.4) is 0 Å². The summed E-state index contributed by atoms with van der Waals surface area (Å²) >= 11 is 0. The summed E-state index contributed by atoms with van der Waals surface area (Å²) in [5, 5.41) is 10.0. The van der Waals surface area contributed by atoms with Crippen LogP contribution in [-0.4, -0.2) is 33.5 Å². The quantitative estimate of drug-likeness (QED) is 0.939. The molecule has 2 aromatic rings. The summed E-state index contributed by atoms with van der Waals surface area (Å²) in [5.74, 6) is 0.532. The van der Waals surface area contributed by atoms with Gasteiger partial charge >= 0.3 is 0 Å². The molecule has 24 heavy (non-hydrogen) atoms. The van der Waals surface area contributed by atoms with Crippen LogP contribution in [-0.2, 0) is 0 Å². The lowest BCUT2D eigenvalue weighted by molar-refractivity contribution is 0.0680. The van der Waals surface area contributed by atoms with Crippen molar-refractivity contribution in [3.8, 4) is 0 Å². The Morgan fingerprint density at radius 3 is 2.92 bits per heavy atom. The summed E-state index contributed by atoms with van der Waals surface area (Å²) in [4.78, 5) is 18.8. The van der Waals surface area contributed by atoms with E-state index in [9.17, 15) is 14.3 Å². The summed E-state index contributed by atoms with van der Waals surface area (Å²) in [6.07, 6.45) is 1.84. The fourth-order valence-electron chi connectivity index (χ4n) is 3.32. The molecule has 2 aliphatic rings. The minimum absolute atomic E-state index is 0.207. The molecular weight excluding hydrogens is 311 g/mol. The molecule has 4 rings (SSSR count). The first-order chi connectivity index (χ1) is 11.5. The lowest BCUT2D eigenvalue weighted by atomic mass is 10.0. The number of carbonyl (C=O) groups is 1. The Kier molecular flexibility index (Phi) is 3.64. The van der Waals surface area contributed by atoms with Crippen molar-refractivity contribution in [1.29, 1.82) is 0 Å². The molecule has 1 N–H and O–H groups in total. The number of amides is 1. The first-order valence-electron chi connectivity index (χ1n) is 8.24. The molecule has 1 aromatic carbocycles. The second-order valence-electron chi connectivity index (χ2n) is 6.66. The van der Waals surface area contributed by atoms with Gasteiger partial charge in [-0.2, -0.15) is 0 Å². The van der Waals surface area contributed by atoms with Crippen LogP contribution in [0.2, 0.25) is 0 Å². The van der Waals surface area contributed by atoms with Crippen molar-refractivity contribution < 1.29 is 18.7 Å². The highest BCUT2D eigenvalue weighted by Crippen LogP contribution is 2.41. The molecule has 0 unspecified atom stereocenters. The first-order valence-corrected chi connectivity index (χ1v) is 8.24. The third-order valence-electron chi connectivity index (χ3n) is 4.71. The van der Waals surface area contributed by atoms with E-state index in [4.69, 9.17) is 4.42 Å². The number of nitrogens with zero attached hydrogens (tertiary/aromatic N) is 2. The smallest absolute Gasteiger partial charge is 0.292 e. The molecule has 1 saturated carbocycles. The number of rotatable bonds is 3. The van der Waals surface area contributed by atoms with Gasteiger partial charge < -0.3 is 14.4 Å². The monoisotopic (exact) mass is 330 g/mol. The van der Waals surface area contributed by atoms with Gasteiger partial charge in [0.15, 0.2) is 5.89 Å². The predicted molar refractivity (Wildman–Crippen MR) is 84.0 cm³/mol. The van der Waals surface area contributed by atoms with Crippen LogP contribution in [0.4, 0.5) is 4.39 Å². The molecule has 2 atom stereocenters. The van der Waals surface area contributed by atoms with Gasteiger partial charge in [0, 0.05) is 12.5 Å². The highest BCUT2D eigenvalue weighted by Gasteiger charge is 2.39. The van der Waals surface area contributed by atoms with Crippen LogP contribution in [0.1, 0.15) is 58.9 Å². The molecule has 2 heterocycles. The zero-order valence-electron chi connectivity index (χ0n) is 13.4. The van der Waals surface area contributed by atoms with Crippen molar-refractivity contribution in [3.05, 3.63) is 53.0 Å². The molecule has 2 fully saturated rings. The molecule has 0 bridgehead atoms. The number of β-amino-alcohol motifs (C(OH)–C–C–N with tert-alkyl or cyclic N) is 1. The molecule has 1 aromatic heterocycles. The fraction of sp³-hybridized carbons (Fsp3) is 0.444. The molecule has 1 aliphatic carbocycles. The number of halogens is 1. The van der Waals surface area contributed by atoms with Crippen LogP contribution >= 0.6 is 0 Å². The molecule has 1 aliphatic heterocycles. The normalized spacial score (nSPS) is 23.7. The summed E-state index contributed by atoms with van der Waals surface area (Å²) in [6.45, 7) is 1.96. The van der Waals surface area contributed by atoms with Gasteiger partial charge in [-0.05, 0) is 43.9 Å². The number of likely N-dealkylation sites (tertiary alicyclic amines) is 1. The highest BCUT2D eigenvalue weighted by atomic mass is 19.1. The number of carbonyl (C=O) groups excluding carboxylic acids is 1. The Hall–Kier alpha value is -2.21. The van der Waals surface area contributed by atoms with Gasteiger partial charge in [0.25, 0.3) is 5.91 Å². The zero-order chi connectivity index (χ0) is 16.8. The Morgan fingerprint density at radius 2 is 2.21 bits per heavy atom. The number of aliphatic hydroxyl groups is 1. The maximum Gasteiger partial charge on any atom is 0.292 e. The van der Waals surface area contributed by atoms with Gasteiger partial charge in [0.05, 0.1) is 17.8 Å². The van der Waals surface area contributed by atoms with Crippen LogP contribution in [0.15, 0.2) is 28.7 Å². The maximum absolute atomic E-state index is 13.5. The minimum atomic E-state index is -0.631. The average molecular weight is 330 g/mol. The van der Waals surface area contributed by atoms with Crippen molar-refractivity contribution in [2.75, 3.05) is 6.54 Å². The first kappa shape index (κ1) is 15.3. The van der Waals surface area contributed by atoms with Crippen molar-refractivity contribution in [2.24, 2.45) is 0 Å². The zero-order valence-corrected chi connectivity index (χ0v) is 13.4. The van der Waals surface area contributed by atoms with E-state index >= 15 is 0 Å². The number of hydrogen-bond acceptors (Lipinski definition) is 4. The molecule has 126 valence electrons. The number of hydrogen-bond donors (Lipinski definition) is 1. The van der Waals surface area contributed by atoms with E-state index in [-0.39, 0.29) is 30.1 Å². The summed E-state index contributed by atoms with van der Waals surface area (Å²) in [6, 6.07) is 5.80. The lowest BCUT2D eigenvalue weighted by Crippen LogP contribution is -2.32. The third-order valence-corrected chi connectivity index (χ3v) is 4.71. The molecule has 0 radical (unpaired) electrons. The third kappa shape index (κ3) is 2.71. The van der Waals surface area contributed by atoms with Crippen LogP contribution in [0, 0.1) is 12.7 Å². The van der Waals surface area contributed by atoms with Gasteiger partial charge in [-0.3, -0.25) is 4.79 Å². The highest BCUT2D eigenvalue weighted by molar-refractivity contribution is 5.93. The van der Waals surface area contributed by atoms with E-state index in [1.54, 1.807) is 24.0 Å². The van der Waals surface area contributed by atoms with Crippen molar-refractivity contribution in [3.63, 3.8) is 0 Å². The number of oxazole rings is 1. The average Bonchev–Trinajstić information content (AvgIpc) is 3.22. The molecule has 1 amide bonds. The van der Waals surface area contributed by atoms with Crippen molar-refractivity contribution in [2.45, 2.75) is 44.2 Å². The van der Waals surface area contributed by atoms with E-state index in [1.807, 2.05) is 0 Å². The van der Waals surface area contributed by atoms with E-state index in [0.29, 0.717) is 29.5 Å². The number of aromatic nitrogens is 1. The second-order valence-corrected chi connectivity index (χ2v) is 6.66. The molecule has 1 saturated heterocycles. The van der Waals surface area contributed by atoms with E-state index in [0.717, 1.165) is 12.8 Å².